The van der Waals surface area contributed by atoms with Crippen LogP contribution >= 0.6 is 12.4 Å². The number of halogens is 1. The van der Waals surface area contributed by atoms with Crippen molar-refractivity contribution in [3.8, 4) is 0 Å². The number of amides is 1. The van der Waals surface area contributed by atoms with Gasteiger partial charge in [-0.1, -0.05) is 0 Å². The van der Waals surface area contributed by atoms with Gasteiger partial charge in [0.25, 0.3) is 0 Å². The first-order valence-corrected chi connectivity index (χ1v) is 3.43. The molecule has 0 bridgehead atoms. The molecule has 0 saturated carbocycles. The zero-order chi connectivity index (χ0) is 7.56. The molecule has 0 spiro atoms. The van der Waals surface area contributed by atoms with Crippen LogP contribution in [0.5, 0.6) is 0 Å². The highest BCUT2D eigenvalue weighted by Gasteiger charge is 2.19. The maximum absolute atomic E-state index is 10.4. The highest BCUT2D eigenvalue weighted by atomic mass is 35.5. The minimum Gasteiger partial charge on any atom is -0.465 e. The lowest BCUT2D eigenvalue weighted by atomic mass is 10.1. The summed E-state index contributed by atoms with van der Waals surface area (Å²) in [6.45, 7) is 1.14. The highest BCUT2D eigenvalue weighted by molar-refractivity contribution is 5.85. The summed E-state index contributed by atoms with van der Waals surface area (Å²) in [6, 6.07) is 0.0462. The van der Waals surface area contributed by atoms with Gasteiger partial charge in [0.1, 0.15) is 0 Å². The molecule has 0 aromatic carbocycles. The van der Waals surface area contributed by atoms with Gasteiger partial charge >= 0.3 is 6.09 Å². The second-order valence-electron chi connectivity index (χ2n) is 2.63. The van der Waals surface area contributed by atoms with Crippen LogP contribution in [0.3, 0.4) is 0 Å². The molecule has 4 nitrogen and oxygen atoms in total. The number of nitrogens with two attached hydrogens (primary N) is 1. The maximum Gasteiger partial charge on any atom is 0.407 e. The van der Waals surface area contributed by atoms with E-state index in [1.54, 1.807) is 0 Å². The Morgan fingerprint density at radius 2 is 2.27 bits per heavy atom. The van der Waals surface area contributed by atoms with E-state index in [2.05, 4.69) is 0 Å². The zero-order valence-electron chi connectivity index (χ0n) is 6.19. The molecule has 66 valence electrons. The van der Waals surface area contributed by atoms with Crippen LogP contribution in [0.25, 0.3) is 0 Å². The third-order valence-electron chi connectivity index (χ3n) is 1.73. The Kier molecular flexibility index (Phi) is 4.22. The number of carboxylic acid groups (broad SMARTS) is 1. The fourth-order valence-electron chi connectivity index (χ4n) is 1.18. The Labute approximate surface area is 71.8 Å². The SMILES string of the molecule is Cl.NC1CCCN(C(=O)O)C1. The number of likely N-dealkylation sites (tertiary alicyclic amines) is 1. The molecule has 3 N–H and O–H groups in total. The normalized spacial score (nSPS) is 24.1. The number of hydrogen-bond acceptors (Lipinski definition) is 2. The van der Waals surface area contributed by atoms with E-state index < -0.39 is 6.09 Å². The van der Waals surface area contributed by atoms with Crippen LogP contribution in [0, 0.1) is 0 Å². The molecule has 0 radical (unpaired) electrons. The summed E-state index contributed by atoms with van der Waals surface area (Å²) in [5.41, 5.74) is 5.56. The van der Waals surface area contributed by atoms with Crippen molar-refractivity contribution in [1.29, 1.82) is 0 Å². The van der Waals surface area contributed by atoms with E-state index in [0.717, 1.165) is 12.8 Å². The van der Waals surface area contributed by atoms with E-state index in [0.29, 0.717) is 13.1 Å². The predicted octanol–water partition coefficient (Wildman–Crippen LogP) is 0.509. The monoisotopic (exact) mass is 180 g/mol. The summed E-state index contributed by atoms with van der Waals surface area (Å²) in [5, 5.41) is 8.53. The van der Waals surface area contributed by atoms with E-state index in [1.165, 1.54) is 4.90 Å². The Bertz CT molecular complexity index is 143. The Morgan fingerprint density at radius 3 is 2.64 bits per heavy atom. The number of piperidine rings is 1. The first-order chi connectivity index (χ1) is 4.70. The summed E-state index contributed by atoms with van der Waals surface area (Å²) >= 11 is 0. The Balaban J connectivity index is 0.000001000. The molecule has 1 aliphatic rings. The molecule has 1 rings (SSSR count). The van der Waals surface area contributed by atoms with Crippen LogP contribution in [0.4, 0.5) is 4.79 Å². The molecular formula is C6H13ClN2O2. The fraction of sp³-hybridized carbons (Fsp3) is 0.833. The lowest BCUT2D eigenvalue weighted by Crippen LogP contribution is -2.45. The lowest BCUT2D eigenvalue weighted by Gasteiger charge is -2.27. The molecule has 1 atom stereocenters. The Morgan fingerprint density at radius 1 is 1.64 bits per heavy atom. The second-order valence-corrected chi connectivity index (χ2v) is 2.63. The predicted molar refractivity (Wildman–Crippen MR) is 44.1 cm³/mol. The molecule has 1 fully saturated rings. The molecule has 0 aromatic rings. The van der Waals surface area contributed by atoms with Gasteiger partial charge < -0.3 is 15.7 Å². The standard InChI is InChI=1S/C6H12N2O2.ClH/c7-5-2-1-3-8(4-5)6(9)10;/h5H,1-4,7H2,(H,9,10);1H. The molecule has 1 amide bonds. The van der Waals surface area contributed by atoms with E-state index in [1.807, 2.05) is 0 Å². The van der Waals surface area contributed by atoms with Crippen molar-refractivity contribution in [2.75, 3.05) is 13.1 Å². The first kappa shape index (κ1) is 10.5. The van der Waals surface area contributed by atoms with Crippen molar-refractivity contribution < 1.29 is 9.90 Å². The van der Waals surface area contributed by atoms with Gasteiger partial charge in [0.2, 0.25) is 0 Å². The largest absolute Gasteiger partial charge is 0.465 e. The topological polar surface area (TPSA) is 66.6 Å². The van der Waals surface area contributed by atoms with Gasteiger partial charge in [-0.15, -0.1) is 12.4 Å². The van der Waals surface area contributed by atoms with Crippen molar-refractivity contribution in [2.45, 2.75) is 18.9 Å². The molecule has 5 heteroatoms. The van der Waals surface area contributed by atoms with Gasteiger partial charge in [-0.25, -0.2) is 4.79 Å². The van der Waals surface area contributed by atoms with Gasteiger partial charge in [0.05, 0.1) is 0 Å². The summed E-state index contributed by atoms with van der Waals surface area (Å²) in [4.78, 5) is 11.7. The Hall–Kier alpha value is -0.480. The molecule has 0 aromatic heterocycles. The molecule has 1 heterocycles. The third kappa shape index (κ3) is 2.95. The van der Waals surface area contributed by atoms with Crippen LogP contribution in [-0.4, -0.2) is 35.2 Å². The number of carbonyl (C=O) groups is 1. The van der Waals surface area contributed by atoms with Crippen LogP contribution in [-0.2, 0) is 0 Å². The second kappa shape index (κ2) is 4.41. The zero-order valence-corrected chi connectivity index (χ0v) is 7.01. The van der Waals surface area contributed by atoms with Crippen molar-refractivity contribution >= 4 is 18.5 Å². The van der Waals surface area contributed by atoms with E-state index >= 15 is 0 Å². The lowest BCUT2D eigenvalue weighted by molar-refractivity contribution is 0.131. The average molecular weight is 181 g/mol. The van der Waals surface area contributed by atoms with E-state index in [-0.39, 0.29) is 18.4 Å². The van der Waals surface area contributed by atoms with Crippen LogP contribution in [0.2, 0.25) is 0 Å². The van der Waals surface area contributed by atoms with Gasteiger partial charge in [-0.2, -0.15) is 0 Å². The van der Waals surface area contributed by atoms with Gasteiger partial charge in [0.15, 0.2) is 0 Å². The van der Waals surface area contributed by atoms with E-state index in [4.69, 9.17) is 10.8 Å². The van der Waals surface area contributed by atoms with Gasteiger partial charge in [0, 0.05) is 19.1 Å². The third-order valence-corrected chi connectivity index (χ3v) is 1.73. The smallest absolute Gasteiger partial charge is 0.407 e. The van der Waals surface area contributed by atoms with Gasteiger partial charge in [-0.3, -0.25) is 0 Å². The number of hydrogen-bond donors (Lipinski definition) is 2. The molecule has 11 heavy (non-hydrogen) atoms. The van der Waals surface area contributed by atoms with E-state index in [9.17, 15) is 4.79 Å². The number of nitrogens with zero attached hydrogens (tertiary/aromatic N) is 1. The maximum atomic E-state index is 10.4. The highest BCUT2D eigenvalue weighted by Crippen LogP contribution is 2.07. The summed E-state index contributed by atoms with van der Waals surface area (Å²) < 4.78 is 0. The molecular weight excluding hydrogens is 168 g/mol. The van der Waals surface area contributed by atoms with Crippen molar-refractivity contribution in [2.24, 2.45) is 5.73 Å². The summed E-state index contributed by atoms with van der Waals surface area (Å²) in [5.74, 6) is 0. The fourth-order valence-corrected chi connectivity index (χ4v) is 1.18. The minimum atomic E-state index is -0.852. The van der Waals surface area contributed by atoms with Crippen LogP contribution < -0.4 is 5.73 Å². The van der Waals surface area contributed by atoms with Crippen LogP contribution in [0.15, 0.2) is 0 Å². The minimum absolute atomic E-state index is 0. The molecule has 1 saturated heterocycles. The van der Waals surface area contributed by atoms with Crippen molar-refractivity contribution in [3.05, 3.63) is 0 Å². The summed E-state index contributed by atoms with van der Waals surface area (Å²) in [7, 11) is 0. The average Bonchev–Trinajstić information content (AvgIpc) is 1.88. The molecule has 1 aliphatic heterocycles. The van der Waals surface area contributed by atoms with Gasteiger partial charge in [-0.05, 0) is 12.8 Å². The summed E-state index contributed by atoms with van der Waals surface area (Å²) in [6.07, 6.45) is 0.993. The van der Waals surface area contributed by atoms with Crippen molar-refractivity contribution in [1.82, 2.24) is 4.90 Å². The number of rotatable bonds is 0. The molecule has 1 unspecified atom stereocenters. The first-order valence-electron chi connectivity index (χ1n) is 3.43. The molecule has 0 aliphatic carbocycles. The van der Waals surface area contributed by atoms with Crippen LogP contribution in [0.1, 0.15) is 12.8 Å². The quantitative estimate of drug-likeness (QED) is 0.571. The van der Waals surface area contributed by atoms with Crippen molar-refractivity contribution in [3.63, 3.8) is 0 Å².